The second-order valence-corrected chi connectivity index (χ2v) is 5.17. The van der Waals surface area contributed by atoms with Gasteiger partial charge in [0.2, 0.25) is 0 Å². The first-order valence-corrected chi connectivity index (χ1v) is 7.07. The minimum atomic E-state index is -0.319. The molecule has 6 nitrogen and oxygen atoms in total. The molecule has 0 spiro atoms. The van der Waals surface area contributed by atoms with Crippen LogP contribution in [0.3, 0.4) is 0 Å². The molecule has 2 N–H and O–H groups in total. The summed E-state index contributed by atoms with van der Waals surface area (Å²) < 4.78 is 11.7. The van der Waals surface area contributed by atoms with Gasteiger partial charge in [-0.1, -0.05) is 16.8 Å². The molecule has 0 unspecified atom stereocenters. The van der Waals surface area contributed by atoms with Crippen molar-refractivity contribution >= 4 is 0 Å². The molecule has 0 radical (unpaired) electrons. The maximum atomic E-state index is 11.6. The van der Waals surface area contributed by atoms with E-state index < -0.39 is 0 Å². The van der Waals surface area contributed by atoms with Gasteiger partial charge < -0.3 is 10.1 Å². The van der Waals surface area contributed by atoms with Gasteiger partial charge in [-0.2, -0.15) is 0 Å². The molecule has 1 heterocycles. The maximum absolute atomic E-state index is 11.6. The molecule has 0 aliphatic heterocycles. The third-order valence-electron chi connectivity index (χ3n) is 3.32. The molecule has 1 aromatic heterocycles. The van der Waals surface area contributed by atoms with Gasteiger partial charge >= 0.3 is 11.3 Å². The predicted molar refractivity (Wildman–Crippen MR) is 78.3 cm³/mol. The number of methoxy groups -OCH3 is 1. The Morgan fingerprint density at radius 3 is 2.67 bits per heavy atom. The molecule has 0 amide bonds. The molecular weight excluding hydrogens is 270 g/mol. The van der Waals surface area contributed by atoms with E-state index >= 15 is 0 Å². The van der Waals surface area contributed by atoms with E-state index in [2.05, 4.69) is 10.6 Å². The quantitative estimate of drug-likeness (QED) is 0.594. The van der Waals surface area contributed by atoms with Crippen molar-refractivity contribution in [1.82, 2.24) is 10.6 Å². The average molecular weight is 292 g/mol. The first kappa shape index (κ1) is 15.3. The molecule has 0 fully saturated rings. The van der Waals surface area contributed by atoms with Gasteiger partial charge in [0, 0.05) is 0 Å². The van der Waals surface area contributed by atoms with Crippen molar-refractivity contribution in [3.63, 3.8) is 0 Å². The number of rotatable bonds is 7. The Morgan fingerprint density at radius 2 is 2.05 bits per heavy atom. The Balaban J connectivity index is 1.84. The van der Waals surface area contributed by atoms with E-state index in [1.165, 1.54) is 5.56 Å². The third-order valence-corrected chi connectivity index (χ3v) is 3.32. The van der Waals surface area contributed by atoms with Crippen molar-refractivity contribution in [2.24, 2.45) is 0 Å². The number of nitrogens with zero attached hydrogens (tertiary/aromatic N) is 1. The Kier molecular flexibility index (Phi) is 5.16. The number of hydrogen-bond donors (Lipinski definition) is 2. The zero-order valence-corrected chi connectivity index (χ0v) is 12.7. The fourth-order valence-corrected chi connectivity index (χ4v) is 2.11. The molecule has 1 aromatic carbocycles. The van der Waals surface area contributed by atoms with E-state index in [0.717, 1.165) is 18.7 Å². The number of aromatic amines is 1. The predicted octanol–water partition coefficient (Wildman–Crippen LogP) is 1.18. The van der Waals surface area contributed by atoms with Crippen LogP contribution in [0, 0.1) is 0 Å². The monoisotopic (exact) mass is 292 g/mol. The van der Waals surface area contributed by atoms with E-state index in [4.69, 9.17) is 9.26 Å². The summed E-state index contributed by atoms with van der Waals surface area (Å²) in [5, 5.41) is 5.89. The lowest BCUT2D eigenvalue weighted by atomic mass is 10.1. The highest BCUT2D eigenvalue weighted by Crippen LogP contribution is 2.11. The standard InChI is InChI=1S/C15H21N3O3/c1-11(2)18-14(15(19)21-17-18)10-16-9-8-12-4-6-13(20-3)7-5-12/h4-7,11,16H,8-10H2,1-3H3/p+1. The SMILES string of the molecule is COc1ccc(CCNCc2c(=O)o[nH][n+]2C(C)C)cc1. The lowest BCUT2D eigenvalue weighted by Crippen LogP contribution is -2.45. The highest BCUT2D eigenvalue weighted by atomic mass is 16.5. The summed E-state index contributed by atoms with van der Waals surface area (Å²) in [4.78, 5) is 11.6. The number of nitrogens with one attached hydrogen (secondary N) is 2. The second kappa shape index (κ2) is 7.08. The second-order valence-electron chi connectivity index (χ2n) is 5.17. The van der Waals surface area contributed by atoms with Gasteiger partial charge in [-0.3, -0.25) is 4.52 Å². The van der Waals surface area contributed by atoms with Crippen LogP contribution in [0.2, 0.25) is 0 Å². The summed E-state index contributed by atoms with van der Waals surface area (Å²) in [5.74, 6) is 0.856. The highest BCUT2D eigenvalue weighted by molar-refractivity contribution is 5.27. The lowest BCUT2D eigenvalue weighted by Gasteiger charge is -2.04. The van der Waals surface area contributed by atoms with E-state index in [1.807, 2.05) is 38.1 Å². The largest absolute Gasteiger partial charge is 0.497 e. The minimum absolute atomic E-state index is 0.162. The van der Waals surface area contributed by atoms with Crippen molar-refractivity contribution in [2.75, 3.05) is 13.7 Å². The van der Waals surface area contributed by atoms with Crippen LogP contribution in [0.5, 0.6) is 5.75 Å². The van der Waals surface area contributed by atoms with Crippen LogP contribution in [-0.2, 0) is 13.0 Å². The normalized spacial score (nSPS) is 11.0. The molecule has 0 saturated carbocycles. The molecular formula is C15H22N3O3+. The van der Waals surface area contributed by atoms with Crippen LogP contribution in [0.1, 0.15) is 31.1 Å². The molecule has 0 aliphatic carbocycles. The van der Waals surface area contributed by atoms with Crippen LogP contribution >= 0.6 is 0 Å². The van der Waals surface area contributed by atoms with Crippen molar-refractivity contribution < 1.29 is 13.9 Å². The van der Waals surface area contributed by atoms with Gasteiger partial charge in [0.25, 0.3) is 0 Å². The maximum Gasteiger partial charge on any atom is 0.431 e. The summed E-state index contributed by atoms with van der Waals surface area (Å²) in [6.07, 6.45) is 0.890. The van der Waals surface area contributed by atoms with Gasteiger partial charge in [-0.15, -0.1) is 0 Å². The minimum Gasteiger partial charge on any atom is -0.497 e. The summed E-state index contributed by atoms with van der Waals surface area (Å²) in [7, 11) is 1.66. The Bertz CT molecular complexity index is 614. The van der Waals surface area contributed by atoms with Gasteiger partial charge in [0.1, 0.15) is 5.75 Å². The smallest absolute Gasteiger partial charge is 0.431 e. The van der Waals surface area contributed by atoms with E-state index in [-0.39, 0.29) is 11.7 Å². The molecule has 2 rings (SSSR count). The first-order valence-electron chi connectivity index (χ1n) is 7.07. The fraction of sp³-hybridized carbons (Fsp3) is 0.467. The number of hydrogen-bond acceptors (Lipinski definition) is 4. The van der Waals surface area contributed by atoms with Crippen molar-refractivity contribution in [3.05, 3.63) is 45.9 Å². The fourth-order valence-electron chi connectivity index (χ4n) is 2.11. The molecule has 21 heavy (non-hydrogen) atoms. The number of ether oxygens (including phenoxy) is 1. The first-order chi connectivity index (χ1) is 10.1. The van der Waals surface area contributed by atoms with Crippen molar-refractivity contribution in [3.8, 4) is 5.75 Å². The molecule has 114 valence electrons. The Labute approximate surface area is 123 Å². The molecule has 0 bridgehead atoms. The number of benzene rings is 1. The molecule has 0 atom stereocenters. The van der Waals surface area contributed by atoms with Crippen molar-refractivity contribution in [2.45, 2.75) is 32.9 Å². The molecule has 0 aliphatic rings. The van der Waals surface area contributed by atoms with Gasteiger partial charge in [-0.25, -0.2) is 4.79 Å². The van der Waals surface area contributed by atoms with E-state index in [0.29, 0.717) is 12.2 Å². The van der Waals surface area contributed by atoms with Crippen LogP contribution in [0.4, 0.5) is 0 Å². The van der Waals surface area contributed by atoms with Gasteiger partial charge in [0.15, 0.2) is 6.04 Å². The number of H-pyrrole nitrogens is 1. The van der Waals surface area contributed by atoms with Crippen molar-refractivity contribution in [1.29, 1.82) is 0 Å². The zero-order chi connectivity index (χ0) is 15.2. The highest BCUT2D eigenvalue weighted by Gasteiger charge is 2.22. The summed E-state index contributed by atoms with van der Waals surface area (Å²) in [6.45, 7) is 5.26. The average Bonchev–Trinajstić information content (AvgIpc) is 2.85. The summed E-state index contributed by atoms with van der Waals surface area (Å²) in [5.41, 5.74) is 1.52. The topological polar surface area (TPSA) is 71.1 Å². The zero-order valence-electron chi connectivity index (χ0n) is 12.7. The third kappa shape index (κ3) is 3.95. The molecule has 2 aromatic rings. The van der Waals surface area contributed by atoms with Crippen LogP contribution in [-0.4, -0.2) is 18.9 Å². The number of aromatic nitrogens is 2. The van der Waals surface area contributed by atoms with E-state index in [1.54, 1.807) is 11.8 Å². The summed E-state index contributed by atoms with van der Waals surface area (Å²) >= 11 is 0. The summed E-state index contributed by atoms with van der Waals surface area (Å²) in [6, 6.07) is 8.14. The molecule has 0 saturated heterocycles. The lowest BCUT2D eigenvalue weighted by molar-refractivity contribution is -0.785. The molecule has 6 heteroatoms. The van der Waals surface area contributed by atoms with Crippen LogP contribution < -0.4 is 20.4 Å². The van der Waals surface area contributed by atoms with Gasteiger partial charge in [-0.05, 0) is 49.8 Å². The van der Waals surface area contributed by atoms with Gasteiger partial charge in [0.05, 0.1) is 13.7 Å². The van der Waals surface area contributed by atoms with Crippen LogP contribution in [0.15, 0.2) is 33.6 Å². The van der Waals surface area contributed by atoms with Crippen LogP contribution in [0.25, 0.3) is 0 Å². The van der Waals surface area contributed by atoms with E-state index in [9.17, 15) is 4.79 Å². The Hall–Kier alpha value is -2.08. The Morgan fingerprint density at radius 1 is 1.33 bits per heavy atom.